The summed E-state index contributed by atoms with van der Waals surface area (Å²) in [4.78, 5) is 39.4. The van der Waals surface area contributed by atoms with Crippen LogP contribution in [0.4, 0.5) is 9.80 Å². The van der Waals surface area contributed by atoms with Crippen molar-refractivity contribution in [1.29, 1.82) is 0 Å². The van der Waals surface area contributed by atoms with Crippen molar-refractivity contribution >= 4 is 44.3 Å². The first-order chi connectivity index (χ1) is 15.1. The van der Waals surface area contributed by atoms with Crippen LogP contribution < -0.4 is 5.32 Å². The van der Waals surface area contributed by atoms with Gasteiger partial charge < -0.3 is 19.7 Å². The first-order valence-electron chi connectivity index (χ1n) is 9.49. The van der Waals surface area contributed by atoms with E-state index in [2.05, 4.69) is 5.32 Å². The number of amides is 2. The maximum absolute atomic E-state index is 12.8. The van der Waals surface area contributed by atoms with Crippen molar-refractivity contribution < 1.29 is 32.3 Å². The molecular formula is C20H23N3O7S2. The van der Waals surface area contributed by atoms with Crippen molar-refractivity contribution in [3.8, 4) is 0 Å². The van der Waals surface area contributed by atoms with Crippen LogP contribution in [0.3, 0.4) is 0 Å². The smallest absolute Gasteiger partial charge is 0.409 e. The van der Waals surface area contributed by atoms with Gasteiger partial charge in [0.15, 0.2) is 0 Å². The van der Waals surface area contributed by atoms with Gasteiger partial charge in [0.1, 0.15) is 5.00 Å². The number of rotatable bonds is 5. The minimum Gasteiger partial charge on any atom is -0.465 e. The third-order valence-corrected chi connectivity index (χ3v) is 7.96. The number of carbonyl (C=O) groups excluding carboxylic acids is 3. The van der Waals surface area contributed by atoms with Crippen LogP contribution in [-0.4, -0.2) is 70.5 Å². The number of methoxy groups -OCH3 is 2. The number of sulfonamides is 1. The van der Waals surface area contributed by atoms with Crippen LogP contribution in [0, 0.1) is 0 Å². The van der Waals surface area contributed by atoms with E-state index in [1.807, 2.05) is 0 Å². The number of hydrogen-bond acceptors (Lipinski definition) is 8. The lowest BCUT2D eigenvalue weighted by Gasteiger charge is -2.25. The second kappa shape index (κ2) is 9.27. The average molecular weight is 482 g/mol. The van der Waals surface area contributed by atoms with Gasteiger partial charge in [0, 0.05) is 31.1 Å². The lowest BCUT2D eigenvalue weighted by Crippen LogP contribution is -2.35. The van der Waals surface area contributed by atoms with Crippen LogP contribution in [0.5, 0.6) is 0 Å². The number of benzene rings is 1. The zero-order chi connectivity index (χ0) is 23.6. The molecule has 2 heterocycles. The molecule has 172 valence electrons. The van der Waals surface area contributed by atoms with E-state index in [1.54, 1.807) is 0 Å². The molecule has 0 atom stereocenters. The van der Waals surface area contributed by atoms with Gasteiger partial charge in [-0.15, -0.1) is 11.3 Å². The van der Waals surface area contributed by atoms with Gasteiger partial charge in [-0.2, -0.15) is 0 Å². The molecule has 0 aliphatic carbocycles. The summed E-state index contributed by atoms with van der Waals surface area (Å²) in [6.07, 6.45) is -0.0553. The highest BCUT2D eigenvalue weighted by molar-refractivity contribution is 7.89. The summed E-state index contributed by atoms with van der Waals surface area (Å²) in [5.41, 5.74) is 1.21. The number of hydrogen-bond donors (Lipinski definition) is 1. The minimum atomic E-state index is -3.62. The molecule has 1 aromatic heterocycles. The second-order valence-corrected chi connectivity index (χ2v) is 10.4. The maximum atomic E-state index is 12.8. The predicted molar refractivity (Wildman–Crippen MR) is 117 cm³/mol. The third-order valence-electron chi connectivity index (χ3n) is 5.00. The van der Waals surface area contributed by atoms with E-state index in [4.69, 9.17) is 9.47 Å². The van der Waals surface area contributed by atoms with Crippen LogP contribution in [0.1, 0.15) is 31.2 Å². The molecule has 0 bridgehead atoms. The molecule has 0 fully saturated rings. The average Bonchev–Trinajstić information content (AvgIpc) is 3.14. The highest BCUT2D eigenvalue weighted by Gasteiger charge is 2.31. The van der Waals surface area contributed by atoms with Crippen molar-refractivity contribution in [3.05, 3.63) is 45.8 Å². The molecule has 32 heavy (non-hydrogen) atoms. The summed E-state index contributed by atoms with van der Waals surface area (Å²) < 4.78 is 35.2. The molecule has 0 radical (unpaired) electrons. The maximum Gasteiger partial charge on any atom is 0.409 e. The second-order valence-electron chi connectivity index (χ2n) is 7.11. The molecule has 1 aromatic carbocycles. The Bertz CT molecular complexity index is 1150. The van der Waals surface area contributed by atoms with E-state index in [9.17, 15) is 22.8 Å². The number of thiophene rings is 1. The molecule has 2 aromatic rings. The number of esters is 1. The van der Waals surface area contributed by atoms with E-state index >= 15 is 0 Å². The summed E-state index contributed by atoms with van der Waals surface area (Å²) in [7, 11) is 1.78. The molecule has 0 unspecified atom stereocenters. The molecule has 1 N–H and O–H groups in total. The van der Waals surface area contributed by atoms with Gasteiger partial charge in [-0.1, -0.05) is 0 Å². The van der Waals surface area contributed by atoms with Crippen molar-refractivity contribution in [2.45, 2.75) is 17.9 Å². The van der Waals surface area contributed by atoms with E-state index in [0.29, 0.717) is 18.0 Å². The number of fused-ring (bicyclic) bond motifs is 1. The normalized spacial score (nSPS) is 13.5. The van der Waals surface area contributed by atoms with Gasteiger partial charge in [-0.25, -0.2) is 22.3 Å². The van der Waals surface area contributed by atoms with Crippen molar-refractivity contribution in [1.82, 2.24) is 9.21 Å². The van der Waals surface area contributed by atoms with Crippen molar-refractivity contribution in [2.24, 2.45) is 0 Å². The summed E-state index contributed by atoms with van der Waals surface area (Å²) in [5.74, 6) is -1.09. The zero-order valence-electron chi connectivity index (χ0n) is 18.0. The Labute approximate surface area is 189 Å². The summed E-state index contributed by atoms with van der Waals surface area (Å²) in [6, 6.07) is 5.49. The number of nitrogens with one attached hydrogen (secondary N) is 1. The number of anilines is 1. The van der Waals surface area contributed by atoms with Crippen LogP contribution >= 0.6 is 11.3 Å². The monoisotopic (exact) mass is 481 g/mol. The first-order valence-corrected chi connectivity index (χ1v) is 11.8. The van der Waals surface area contributed by atoms with Crippen molar-refractivity contribution in [2.75, 3.05) is 40.2 Å². The zero-order valence-corrected chi connectivity index (χ0v) is 19.6. The van der Waals surface area contributed by atoms with Gasteiger partial charge in [-0.3, -0.25) is 4.79 Å². The molecule has 1 aliphatic rings. The Balaban J connectivity index is 1.88. The summed E-state index contributed by atoms with van der Waals surface area (Å²) in [6.45, 7) is 0.624. The van der Waals surface area contributed by atoms with Gasteiger partial charge in [0.05, 0.1) is 31.2 Å². The Morgan fingerprint density at radius 2 is 1.75 bits per heavy atom. The largest absolute Gasteiger partial charge is 0.465 e. The number of ether oxygens (including phenoxy) is 2. The van der Waals surface area contributed by atoms with Crippen LogP contribution in [0.15, 0.2) is 29.2 Å². The Hall–Kier alpha value is -2.96. The number of carbonyl (C=O) groups is 3. The molecule has 10 nitrogen and oxygen atoms in total. The van der Waals surface area contributed by atoms with E-state index in [0.717, 1.165) is 14.7 Å². The highest BCUT2D eigenvalue weighted by Crippen LogP contribution is 2.38. The van der Waals surface area contributed by atoms with Gasteiger partial charge in [0.25, 0.3) is 5.91 Å². The molecule has 0 saturated heterocycles. The first kappa shape index (κ1) is 23.7. The lowest BCUT2D eigenvalue weighted by atomic mass is 10.0. The van der Waals surface area contributed by atoms with E-state index < -0.39 is 28.0 Å². The van der Waals surface area contributed by atoms with Crippen molar-refractivity contribution in [3.63, 3.8) is 0 Å². The molecule has 0 spiro atoms. The number of nitrogens with zero attached hydrogens (tertiary/aromatic N) is 2. The fourth-order valence-corrected chi connectivity index (χ4v) is 5.41. The van der Waals surface area contributed by atoms with Gasteiger partial charge >= 0.3 is 12.1 Å². The quantitative estimate of drug-likeness (QED) is 0.650. The van der Waals surface area contributed by atoms with Crippen LogP contribution in [0.2, 0.25) is 0 Å². The lowest BCUT2D eigenvalue weighted by molar-refractivity contribution is 0.0600. The van der Waals surface area contributed by atoms with Crippen LogP contribution in [-0.2, 0) is 32.5 Å². The standard InChI is InChI=1S/C20H23N3O7S2/c1-22(2)32(27,28)13-7-5-12(6-8-13)17(24)21-18-16(19(25)29-3)14-9-10-23(20(26)30-4)11-15(14)31-18/h5-8H,9-11H2,1-4H3,(H,21,24). The molecule has 2 amide bonds. The van der Waals surface area contributed by atoms with E-state index in [1.165, 1.54) is 68.8 Å². The van der Waals surface area contributed by atoms with E-state index in [-0.39, 0.29) is 22.6 Å². The molecule has 12 heteroatoms. The summed E-state index contributed by atoms with van der Waals surface area (Å²) in [5, 5.41) is 3.03. The highest BCUT2D eigenvalue weighted by atomic mass is 32.2. The Morgan fingerprint density at radius 3 is 2.31 bits per heavy atom. The molecule has 3 rings (SSSR count). The summed E-state index contributed by atoms with van der Waals surface area (Å²) >= 11 is 1.19. The Kier molecular flexibility index (Phi) is 6.86. The SMILES string of the molecule is COC(=O)c1c(NC(=O)c2ccc(S(=O)(=O)N(C)C)cc2)sc2c1CCN(C(=O)OC)C2. The fraction of sp³-hybridized carbons (Fsp3) is 0.350. The van der Waals surface area contributed by atoms with Gasteiger partial charge in [-0.05, 0) is 36.2 Å². The minimum absolute atomic E-state index is 0.0591. The third kappa shape index (κ3) is 4.47. The molecule has 0 saturated carbocycles. The molecule has 1 aliphatic heterocycles. The fourth-order valence-electron chi connectivity index (χ4n) is 3.26. The van der Waals surface area contributed by atoms with Gasteiger partial charge in [0.2, 0.25) is 10.0 Å². The Morgan fingerprint density at radius 1 is 1.09 bits per heavy atom. The molecular weight excluding hydrogens is 458 g/mol. The topological polar surface area (TPSA) is 122 Å². The predicted octanol–water partition coefficient (Wildman–Crippen LogP) is 2.16. The van der Waals surface area contributed by atoms with Crippen LogP contribution in [0.25, 0.3) is 0 Å².